The molecule has 0 saturated carbocycles. The van der Waals surface area contributed by atoms with Crippen LogP contribution in [0.1, 0.15) is 12.8 Å². The monoisotopic (exact) mass is 240 g/mol. The van der Waals surface area contributed by atoms with E-state index in [1.54, 1.807) is 6.07 Å². The van der Waals surface area contributed by atoms with E-state index in [4.69, 9.17) is 0 Å². The first-order valence-electron chi connectivity index (χ1n) is 6.03. The summed E-state index contributed by atoms with van der Waals surface area (Å²) in [7, 11) is 2.11. The van der Waals surface area contributed by atoms with Crippen LogP contribution >= 0.6 is 0 Å². The quantitative estimate of drug-likeness (QED) is 0.874. The molecule has 1 aromatic carbocycles. The number of nitrogens with zero attached hydrogens (tertiary/aromatic N) is 1. The number of anilines is 1. The lowest BCUT2D eigenvalue weighted by Gasteiger charge is -2.29. The summed E-state index contributed by atoms with van der Waals surface area (Å²) in [5.41, 5.74) is 0.268. The lowest BCUT2D eigenvalue weighted by molar-refractivity contribution is 0.226. The molecule has 2 nitrogen and oxygen atoms in total. The second-order valence-electron chi connectivity index (χ2n) is 4.73. The van der Waals surface area contributed by atoms with Crippen molar-refractivity contribution in [2.45, 2.75) is 12.8 Å². The smallest absolute Gasteiger partial charge is 0.181 e. The van der Waals surface area contributed by atoms with E-state index >= 15 is 0 Å². The maximum Gasteiger partial charge on any atom is 0.181 e. The standard InChI is InChI=1S/C13H18F2N2/c1-17-7-5-10(6-8-17)9-16-12-4-2-3-11(14)13(12)15/h2-4,10,16H,5-9H2,1H3. The molecule has 1 fully saturated rings. The molecule has 2 rings (SSSR count). The van der Waals surface area contributed by atoms with Gasteiger partial charge in [-0.2, -0.15) is 0 Å². The molecule has 1 heterocycles. The second kappa shape index (κ2) is 5.45. The van der Waals surface area contributed by atoms with Crippen LogP contribution < -0.4 is 5.32 Å². The van der Waals surface area contributed by atoms with Gasteiger partial charge in [0.1, 0.15) is 0 Å². The fourth-order valence-electron chi connectivity index (χ4n) is 2.16. The molecule has 1 aliphatic rings. The minimum Gasteiger partial charge on any atom is -0.382 e. The van der Waals surface area contributed by atoms with Crippen LogP contribution in [0, 0.1) is 17.6 Å². The van der Waals surface area contributed by atoms with Crippen LogP contribution in [-0.4, -0.2) is 31.6 Å². The molecule has 0 aliphatic carbocycles. The summed E-state index contributed by atoms with van der Waals surface area (Å²) in [4.78, 5) is 2.29. The van der Waals surface area contributed by atoms with Gasteiger partial charge >= 0.3 is 0 Å². The summed E-state index contributed by atoms with van der Waals surface area (Å²) in [6.45, 7) is 2.88. The van der Waals surface area contributed by atoms with Crippen LogP contribution in [0.25, 0.3) is 0 Å². The van der Waals surface area contributed by atoms with Crippen molar-refractivity contribution in [1.29, 1.82) is 0 Å². The molecule has 0 bridgehead atoms. The van der Waals surface area contributed by atoms with Crippen molar-refractivity contribution in [3.8, 4) is 0 Å². The Morgan fingerprint density at radius 1 is 1.29 bits per heavy atom. The predicted octanol–water partition coefficient (Wildman–Crippen LogP) is 2.72. The van der Waals surface area contributed by atoms with E-state index in [0.717, 1.165) is 32.0 Å². The number of rotatable bonds is 3. The first-order valence-corrected chi connectivity index (χ1v) is 6.03. The molecule has 1 aromatic rings. The van der Waals surface area contributed by atoms with Gasteiger partial charge in [0.05, 0.1) is 5.69 Å². The van der Waals surface area contributed by atoms with Crippen molar-refractivity contribution in [3.63, 3.8) is 0 Å². The summed E-state index contributed by atoms with van der Waals surface area (Å²) in [6, 6.07) is 4.23. The van der Waals surface area contributed by atoms with E-state index in [1.165, 1.54) is 6.07 Å². The third-order valence-electron chi connectivity index (χ3n) is 3.37. The van der Waals surface area contributed by atoms with Crippen LogP contribution in [-0.2, 0) is 0 Å². The zero-order valence-corrected chi connectivity index (χ0v) is 10.0. The van der Waals surface area contributed by atoms with Crippen molar-refractivity contribution < 1.29 is 8.78 Å². The summed E-state index contributed by atoms with van der Waals surface area (Å²) in [6.07, 6.45) is 2.22. The van der Waals surface area contributed by atoms with E-state index in [1.807, 2.05) is 0 Å². The summed E-state index contributed by atoms with van der Waals surface area (Å²) < 4.78 is 26.3. The molecule has 17 heavy (non-hydrogen) atoms. The molecule has 0 aromatic heterocycles. The highest BCUT2D eigenvalue weighted by molar-refractivity contribution is 5.44. The Balaban J connectivity index is 1.87. The topological polar surface area (TPSA) is 15.3 Å². The van der Waals surface area contributed by atoms with Gasteiger partial charge in [0, 0.05) is 6.54 Å². The molecule has 4 heteroatoms. The minimum absolute atomic E-state index is 0.268. The number of benzene rings is 1. The Bertz CT molecular complexity index is 374. The van der Waals surface area contributed by atoms with Crippen LogP contribution in [0.5, 0.6) is 0 Å². The second-order valence-corrected chi connectivity index (χ2v) is 4.73. The summed E-state index contributed by atoms with van der Waals surface area (Å²) >= 11 is 0. The van der Waals surface area contributed by atoms with Crippen LogP contribution in [0.2, 0.25) is 0 Å². The van der Waals surface area contributed by atoms with E-state index in [9.17, 15) is 8.78 Å². The van der Waals surface area contributed by atoms with Gasteiger partial charge in [-0.3, -0.25) is 0 Å². The number of hydrogen-bond donors (Lipinski definition) is 1. The highest BCUT2D eigenvalue weighted by Crippen LogP contribution is 2.20. The van der Waals surface area contributed by atoms with Crippen molar-refractivity contribution in [2.24, 2.45) is 5.92 Å². The van der Waals surface area contributed by atoms with Crippen molar-refractivity contribution in [2.75, 3.05) is 32.0 Å². The molecule has 0 spiro atoms. The maximum absolute atomic E-state index is 13.4. The van der Waals surface area contributed by atoms with Gasteiger partial charge < -0.3 is 10.2 Å². The van der Waals surface area contributed by atoms with Crippen LogP contribution in [0.15, 0.2) is 18.2 Å². The molecule has 0 unspecified atom stereocenters. The number of nitrogens with one attached hydrogen (secondary N) is 1. The Hall–Kier alpha value is -1.16. The van der Waals surface area contributed by atoms with Crippen molar-refractivity contribution in [3.05, 3.63) is 29.8 Å². The zero-order valence-electron chi connectivity index (χ0n) is 10.0. The fraction of sp³-hybridized carbons (Fsp3) is 0.538. The molecular formula is C13H18F2N2. The van der Waals surface area contributed by atoms with Gasteiger partial charge in [0.2, 0.25) is 0 Å². The van der Waals surface area contributed by atoms with Gasteiger partial charge in [-0.25, -0.2) is 8.78 Å². The Morgan fingerprint density at radius 2 is 2.00 bits per heavy atom. The van der Waals surface area contributed by atoms with Crippen molar-refractivity contribution in [1.82, 2.24) is 4.90 Å². The minimum atomic E-state index is -0.793. The first-order chi connectivity index (χ1) is 8.16. The lowest BCUT2D eigenvalue weighted by Crippen LogP contribution is -2.33. The molecule has 0 radical (unpaired) electrons. The van der Waals surface area contributed by atoms with E-state index in [0.29, 0.717) is 12.5 Å². The Labute approximate surface area is 101 Å². The van der Waals surface area contributed by atoms with E-state index < -0.39 is 11.6 Å². The first kappa shape index (κ1) is 12.3. The van der Waals surface area contributed by atoms with Gasteiger partial charge in [-0.1, -0.05) is 6.07 Å². The van der Waals surface area contributed by atoms with Crippen molar-refractivity contribution >= 4 is 5.69 Å². The molecule has 1 aliphatic heterocycles. The number of likely N-dealkylation sites (tertiary alicyclic amines) is 1. The van der Waals surface area contributed by atoms with Gasteiger partial charge in [0.15, 0.2) is 11.6 Å². The number of piperidine rings is 1. The number of hydrogen-bond acceptors (Lipinski definition) is 2. The fourth-order valence-corrected chi connectivity index (χ4v) is 2.16. The zero-order chi connectivity index (χ0) is 12.3. The largest absolute Gasteiger partial charge is 0.382 e. The molecule has 1 saturated heterocycles. The molecule has 0 amide bonds. The van der Waals surface area contributed by atoms with Crippen LogP contribution in [0.3, 0.4) is 0 Å². The Kier molecular flexibility index (Phi) is 3.94. The molecular weight excluding hydrogens is 222 g/mol. The highest BCUT2D eigenvalue weighted by atomic mass is 19.2. The lowest BCUT2D eigenvalue weighted by atomic mass is 9.97. The average Bonchev–Trinajstić information content (AvgIpc) is 2.33. The van der Waals surface area contributed by atoms with Crippen LogP contribution in [0.4, 0.5) is 14.5 Å². The van der Waals surface area contributed by atoms with E-state index in [-0.39, 0.29) is 5.69 Å². The van der Waals surface area contributed by atoms with Gasteiger partial charge in [-0.05, 0) is 51.0 Å². The SMILES string of the molecule is CN1CCC(CNc2cccc(F)c2F)CC1. The maximum atomic E-state index is 13.4. The summed E-state index contributed by atoms with van der Waals surface area (Å²) in [5, 5.41) is 3.00. The third-order valence-corrected chi connectivity index (χ3v) is 3.37. The normalized spacial score (nSPS) is 18.3. The van der Waals surface area contributed by atoms with Gasteiger partial charge in [0.25, 0.3) is 0 Å². The van der Waals surface area contributed by atoms with Gasteiger partial charge in [-0.15, -0.1) is 0 Å². The average molecular weight is 240 g/mol. The van der Waals surface area contributed by atoms with E-state index in [2.05, 4.69) is 17.3 Å². The summed E-state index contributed by atoms with van der Waals surface area (Å²) in [5.74, 6) is -1.02. The molecule has 94 valence electrons. The highest BCUT2D eigenvalue weighted by Gasteiger charge is 2.17. The predicted molar refractivity (Wildman–Crippen MR) is 65.1 cm³/mol. The third kappa shape index (κ3) is 3.16. The molecule has 1 N–H and O–H groups in total. The number of halogens is 2. The molecule has 0 atom stereocenters. The Morgan fingerprint density at radius 3 is 2.71 bits per heavy atom.